The Morgan fingerprint density at radius 1 is 1.29 bits per heavy atom. The van der Waals surface area contributed by atoms with E-state index in [0.29, 0.717) is 24.6 Å². The number of likely N-dealkylation sites (tertiary alicyclic amines) is 1. The Morgan fingerprint density at radius 2 is 1.93 bits per heavy atom. The van der Waals surface area contributed by atoms with E-state index in [1.807, 2.05) is 13.0 Å². The molecule has 1 aliphatic heterocycles. The van der Waals surface area contributed by atoms with E-state index in [1.54, 1.807) is 11.8 Å². The summed E-state index contributed by atoms with van der Waals surface area (Å²) in [4.78, 5) is 49.2. The SMILES string of the molecule is CC(=O)N[C@@H](CC(=O)NC1(C2CN(C(=O)c3oc(C)cc3C)C2)CC1)C(N)=O. The van der Waals surface area contributed by atoms with Crippen molar-refractivity contribution in [3.8, 4) is 0 Å². The molecule has 0 bridgehead atoms. The molecule has 2 aliphatic rings. The van der Waals surface area contributed by atoms with Crippen LogP contribution in [0.1, 0.15) is 48.1 Å². The highest BCUT2D eigenvalue weighted by molar-refractivity contribution is 5.94. The zero-order valence-electron chi connectivity index (χ0n) is 16.3. The second-order valence-electron chi connectivity index (χ2n) is 7.84. The summed E-state index contributed by atoms with van der Waals surface area (Å²) in [5.74, 6) is -0.421. The minimum absolute atomic E-state index is 0.136. The highest BCUT2D eigenvalue weighted by Crippen LogP contribution is 2.46. The number of rotatable bonds is 7. The van der Waals surface area contributed by atoms with Gasteiger partial charge in [0.05, 0.1) is 6.42 Å². The lowest BCUT2D eigenvalue weighted by molar-refractivity contribution is -0.130. The lowest BCUT2D eigenvalue weighted by Gasteiger charge is -2.44. The summed E-state index contributed by atoms with van der Waals surface area (Å²) in [6.45, 7) is 6.00. The van der Waals surface area contributed by atoms with Gasteiger partial charge in [0, 0.05) is 37.0 Å². The first-order valence-corrected chi connectivity index (χ1v) is 9.35. The molecule has 9 heteroatoms. The third-order valence-electron chi connectivity index (χ3n) is 5.47. The zero-order valence-corrected chi connectivity index (χ0v) is 16.3. The molecule has 4 amide bonds. The lowest BCUT2D eigenvalue weighted by Crippen LogP contribution is -2.60. The Hall–Kier alpha value is -2.84. The first kappa shape index (κ1) is 19.9. The quantitative estimate of drug-likeness (QED) is 0.602. The van der Waals surface area contributed by atoms with Crippen LogP contribution in [-0.4, -0.2) is 53.2 Å². The molecular weight excluding hydrogens is 364 g/mol. The van der Waals surface area contributed by atoms with Gasteiger partial charge in [0.2, 0.25) is 17.7 Å². The van der Waals surface area contributed by atoms with Crippen molar-refractivity contribution in [2.45, 2.75) is 51.6 Å². The number of nitrogens with zero attached hydrogens (tertiary/aromatic N) is 1. The molecule has 1 aliphatic carbocycles. The molecule has 1 saturated heterocycles. The van der Waals surface area contributed by atoms with Gasteiger partial charge < -0.3 is 25.7 Å². The number of carbonyl (C=O) groups is 4. The summed E-state index contributed by atoms with van der Waals surface area (Å²) in [5, 5.41) is 5.37. The molecule has 2 heterocycles. The highest BCUT2D eigenvalue weighted by atomic mass is 16.4. The van der Waals surface area contributed by atoms with Crippen molar-refractivity contribution in [3.05, 3.63) is 23.2 Å². The van der Waals surface area contributed by atoms with Crippen LogP contribution < -0.4 is 16.4 Å². The Balaban J connectivity index is 1.53. The summed E-state index contributed by atoms with van der Waals surface area (Å²) in [6, 6.07) is 0.801. The smallest absolute Gasteiger partial charge is 0.289 e. The zero-order chi connectivity index (χ0) is 20.6. The highest BCUT2D eigenvalue weighted by Gasteiger charge is 2.55. The molecule has 1 aromatic rings. The van der Waals surface area contributed by atoms with Crippen molar-refractivity contribution in [2.24, 2.45) is 11.7 Å². The fourth-order valence-electron chi connectivity index (χ4n) is 3.74. The molecule has 0 aromatic carbocycles. The summed E-state index contributed by atoms with van der Waals surface area (Å²) >= 11 is 0. The van der Waals surface area contributed by atoms with Crippen LogP contribution >= 0.6 is 0 Å². The van der Waals surface area contributed by atoms with Crippen LogP contribution in [0.25, 0.3) is 0 Å². The molecule has 1 atom stereocenters. The number of carbonyl (C=O) groups excluding carboxylic acids is 4. The van der Waals surface area contributed by atoms with E-state index in [1.165, 1.54) is 6.92 Å². The first-order valence-electron chi connectivity index (χ1n) is 9.35. The van der Waals surface area contributed by atoms with Crippen molar-refractivity contribution in [1.29, 1.82) is 0 Å². The average Bonchev–Trinajstić information content (AvgIpc) is 3.20. The molecular formula is C19H26N4O5. The van der Waals surface area contributed by atoms with Crippen LogP contribution in [0, 0.1) is 19.8 Å². The number of hydrogen-bond acceptors (Lipinski definition) is 5. The van der Waals surface area contributed by atoms with Gasteiger partial charge in [0.1, 0.15) is 11.8 Å². The Labute approximate surface area is 163 Å². The molecule has 4 N–H and O–H groups in total. The van der Waals surface area contributed by atoms with Crippen LogP contribution in [0.3, 0.4) is 0 Å². The van der Waals surface area contributed by atoms with E-state index in [4.69, 9.17) is 10.2 Å². The van der Waals surface area contributed by atoms with Crippen LogP contribution in [0.4, 0.5) is 0 Å². The maximum Gasteiger partial charge on any atom is 0.289 e. The number of aryl methyl sites for hydroxylation is 2. The lowest BCUT2D eigenvalue weighted by atomic mass is 9.88. The van der Waals surface area contributed by atoms with Crippen molar-refractivity contribution < 1.29 is 23.6 Å². The first-order chi connectivity index (χ1) is 13.1. The predicted molar refractivity (Wildman–Crippen MR) is 99.1 cm³/mol. The van der Waals surface area contributed by atoms with Crippen molar-refractivity contribution >= 4 is 23.6 Å². The van der Waals surface area contributed by atoms with E-state index in [0.717, 1.165) is 18.4 Å². The van der Waals surface area contributed by atoms with Gasteiger partial charge in [-0.05, 0) is 32.8 Å². The monoisotopic (exact) mass is 390 g/mol. The molecule has 2 fully saturated rings. The minimum atomic E-state index is -1.03. The van der Waals surface area contributed by atoms with Gasteiger partial charge in [0.15, 0.2) is 5.76 Å². The largest absolute Gasteiger partial charge is 0.456 e. The fourth-order valence-corrected chi connectivity index (χ4v) is 3.74. The molecule has 28 heavy (non-hydrogen) atoms. The topological polar surface area (TPSA) is 135 Å². The van der Waals surface area contributed by atoms with Crippen LogP contribution in [0.2, 0.25) is 0 Å². The molecule has 152 valence electrons. The number of hydrogen-bond donors (Lipinski definition) is 3. The van der Waals surface area contributed by atoms with E-state index in [9.17, 15) is 19.2 Å². The van der Waals surface area contributed by atoms with Gasteiger partial charge in [-0.25, -0.2) is 0 Å². The average molecular weight is 390 g/mol. The second-order valence-corrected chi connectivity index (χ2v) is 7.84. The van der Waals surface area contributed by atoms with Gasteiger partial charge in [-0.2, -0.15) is 0 Å². The molecule has 0 unspecified atom stereocenters. The number of furan rings is 1. The van der Waals surface area contributed by atoms with Crippen LogP contribution in [-0.2, 0) is 14.4 Å². The van der Waals surface area contributed by atoms with E-state index in [-0.39, 0.29) is 29.7 Å². The van der Waals surface area contributed by atoms with Crippen molar-refractivity contribution in [2.75, 3.05) is 13.1 Å². The van der Waals surface area contributed by atoms with E-state index in [2.05, 4.69) is 10.6 Å². The van der Waals surface area contributed by atoms with Crippen molar-refractivity contribution in [3.63, 3.8) is 0 Å². The summed E-state index contributed by atoms with van der Waals surface area (Å²) in [5.41, 5.74) is 5.71. The summed E-state index contributed by atoms with van der Waals surface area (Å²) < 4.78 is 5.49. The van der Waals surface area contributed by atoms with Gasteiger partial charge in [-0.3, -0.25) is 19.2 Å². The molecule has 1 aromatic heterocycles. The van der Waals surface area contributed by atoms with E-state index < -0.39 is 17.9 Å². The van der Waals surface area contributed by atoms with Crippen LogP contribution in [0.5, 0.6) is 0 Å². The van der Waals surface area contributed by atoms with Crippen LogP contribution in [0.15, 0.2) is 10.5 Å². The summed E-state index contributed by atoms with van der Waals surface area (Å²) in [6.07, 6.45) is 1.45. The second kappa shape index (κ2) is 7.29. The molecule has 0 radical (unpaired) electrons. The van der Waals surface area contributed by atoms with Gasteiger partial charge in [-0.1, -0.05) is 0 Å². The van der Waals surface area contributed by atoms with Crippen molar-refractivity contribution in [1.82, 2.24) is 15.5 Å². The molecule has 9 nitrogen and oxygen atoms in total. The number of nitrogens with two attached hydrogens (primary N) is 1. The maximum atomic E-state index is 12.6. The number of nitrogens with one attached hydrogen (secondary N) is 2. The van der Waals surface area contributed by atoms with Gasteiger partial charge in [-0.15, -0.1) is 0 Å². The van der Waals surface area contributed by atoms with Gasteiger partial charge >= 0.3 is 0 Å². The Kier molecular flexibility index (Phi) is 5.18. The maximum absolute atomic E-state index is 12.6. The number of primary amides is 1. The molecule has 3 rings (SSSR count). The Morgan fingerprint density at radius 3 is 2.39 bits per heavy atom. The molecule has 1 saturated carbocycles. The van der Waals surface area contributed by atoms with E-state index >= 15 is 0 Å². The molecule has 0 spiro atoms. The minimum Gasteiger partial charge on any atom is -0.456 e. The standard InChI is InChI=1S/C19H26N4O5/c1-10-6-11(2)28-16(10)18(27)23-8-13(9-23)19(4-5-19)22-15(25)7-14(17(20)26)21-12(3)24/h6,13-14H,4-5,7-9H2,1-3H3,(H2,20,26)(H,21,24)(H,22,25)/t14-/m0/s1. The third kappa shape index (κ3) is 4.02. The summed E-state index contributed by atoms with van der Waals surface area (Å²) in [7, 11) is 0. The number of amides is 4. The predicted octanol–water partition coefficient (Wildman–Crippen LogP) is -0.00266. The third-order valence-corrected chi connectivity index (χ3v) is 5.47. The Bertz CT molecular complexity index is 820. The fraction of sp³-hybridized carbons (Fsp3) is 0.579. The normalized spacial score (nSPS) is 18.8. The van der Waals surface area contributed by atoms with Gasteiger partial charge in [0.25, 0.3) is 5.91 Å².